The highest BCUT2D eigenvalue weighted by atomic mass is 35.5. The quantitative estimate of drug-likeness (QED) is 0.595. The predicted molar refractivity (Wildman–Crippen MR) is 78.4 cm³/mol. The van der Waals surface area contributed by atoms with E-state index >= 15 is 0 Å². The van der Waals surface area contributed by atoms with E-state index in [1.165, 1.54) is 0 Å². The molecule has 0 aliphatic carbocycles. The molecule has 0 fully saturated rings. The smallest absolute Gasteiger partial charge is 0.255 e. The monoisotopic (exact) mass is 275 g/mol. The van der Waals surface area contributed by atoms with Gasteiger partial charge in [0.25, 0.3) is 5.91 Å². The average molecular weight is 276 g/mol. The molecule has 0 aliphatic rings. The van der Waals surface area contributed by atoms with Crippen LogP contribution in [-0.4, -0.2) is 5.91 Å². The van der Waals surface area contributed by atoms with Crippen molar-refractivity contribution >= 4 is 28.9 Å². The maximum absolute atomic E-state index is 12.1. The van der Waals surface area contributed by atoms with Gasteiger partial charge >= 0.3 is 0 Å². The minimum Gasteiger partial charge on any atom is -0.324 e. The highest BCUT2D eigenvalue weighted by Crippen LogP contribution is 2.18. The molecule has 19 heavy (non-hydrogen) atoms. The molecule has 5 heteroatoms. The van der Waals surface area contributed by atoms with Crippen LogP contribution in [0.25, 0.3) is 0 Å². The molecule has 0 atom stereocenters. The number of hydrogen-bond acceptors (Lipinski definition) is 3. The third-order valence-electron chi connectivity index (χ3n) is 2.73. The van der Waals surface area contributed by atoms with Crippen molar-refractivity contribution in [1.29, 1.82) is 0 Å². The van der Waals surface area contributed by atoms with Gasteiger partial charge in [-0.05, 0) is 48.9 Å². The highest BCUT2D eigenvalue weighted by Gasteiger charge is 2.08. The van der Waals surface area contributed by atoms with Crippen LogP contribution in [0.2, 0.25) is 5.02 Å². The molecular formula is C14H14ClN3O. The van der Waals surface area contributed by atoms with Crippen LogP contribution in [0.1, 0.15) is 15.9 Å². The fourth-order valence-electron chi connectivity index (χ4n) is 1.74. The molecule has 98 valence electrons. The minimum absolute atomic E-state index is 0.186. The van der Waals surface area contributed by atoms with Crippen molar-refractivity contribution < 1.29 is 4.79 Å². The third-order valence-corrected chi connectivity index (χ3v) is 2.96. The van der Waals surface area contributed by atoms with Crippen molar-refractivity contribution in [2.75, 3.05) is 10.7 Å². The number of aryl methyl sites for hydroxylation is 1. The Kier molecular flexibility index (Phi) is 4.04. The first-order valence-corrected chi connectivity index (χ1v) is 6.12. The average Bonchev–Trinajstić information content (AvgIpc) is 2.38. The van der Waals surface area contributed by atoms with E-state index in [4.69, 9.17) is 17.4 Å². The summed E-state index contributed by atoms with van der Waals surface area (Å²) in [7, 11) is 0. The Morgan fingerprint density at radius 3 is 2.63 bits per heavy atom. The van der Waals surface area contributed by atoms with Crippen molar-refractivity contribution in [2.24, 2.45) is 5.84 Å². The molecule has 1 amide bonds. The van der Waals surface area contributed by atoms with Gasteiger partial charge < -0.3 is 10.7 Å². The van der Waals surface area contributed by atoms with Crippen molar-refractivity contribution in [3.05, 3.63) is 58.6 Å². The number of nitrogens with two attached hydrogens (primary N) is 1. The largest absolute Gasteiger partial charge is 0.324 e. The van der Waals surface area contributed by atoms with E-state index in [0.29, 0.717) is 16.3 Å². The van der Waals surface area contributed by atoms with Crippen molar-refractivity contribution in [3.63, 3.8) is 0 Å². The zero-order chi connectivity index (χ0) is 13.8. The first-order valence-electron chi connectivity index (χ1n) is 5.74. The molecule has 0 bridgehead atoms. The van der Waals surface area contributed by atoms with E-state index in [9.17, 15) is 4.79 Å². The van der Waals surface area contributed by atoms with E-state index in [1.54, 1.807) is 42.5 Å². The number of hydrogen-bond donors (Lipinski definition) is 3. The zero-order valence-electron chi connectivity index (χ0n) is 10.4. The molecule has 0 spiro atoms. The second kappa shape index (κ2) is 5.73. The topological polar surface area (TPSA) is 67.2 Å². The Hall–Kier alpha value is -2.04. The van der Waals surface area contributed by atoms with Gasteiger partial charge in [-0.3, -0.25) is 10.6 Å². The van der Waals surface area contributed by atoms with Crippen LogP contribution in [0.4, 0.5) is 11.4 Å². The van der Waals surface area contributed by atoms with Crippen LogP contribution in [0.15, 0.2) is 42.5 Å². The van der Waals surface area contributed by atoms with Gasteiger partial charge in [-0.15, -0.1) is 0 Å². The van der Waals surface area contributed by atoms with Gasteiger partial charge in [0.15, 0.2) is 0 Å². The molecule has 0 heterocycles. The van der Waals surface area contributed by atoms with Crippen LogP contribution >= 0.6 is 11.6 Å². The standard InChI is InChI=1S/C14H14ClN3O/c1-9-7-10(5-6-13(9)18-16)14(19)17-12-4-2-3-11(15)8-12/h2-8,18H,16H2,1H3,(H,17,19). The van der Waals surface area contributed by atoms with Gasteiger partial charge in [0.05, 0.1) is 5.69 Å². The Bertz CT molecular complexity index is 613. The number of halogens is 1. The Morgan fingerprint density at radius 1 is 1.21 bits per heavy atom. The second-order valence-electron chi connectivity index (χ2n) is 4.14. The van der Waals surface area contributed by atoms with E-state index in [-0.39, 0.29) is 5.91 Å². The van der Waals surface area contributed by atoms with Crippen LogP contribution in [0.5, 0.6) is 0 Å². The van der Waals surface area contributed by atoms with Crippen molar-refractivity contribution in [1.82, 2.24) is 0 Å². The number of benzene rings is 2. The van der Waals surface area contributed by atoms with E-state index in [2.05, 4.69) is 10.7 Å². The second-order valence-corrected chi connectivity index (χ2v) is 4.57. The number of nitrogens with one attached hydrogen (secondary N) is 2. The number of carbonyl (C=O) groups is 1. The van der Waals surface area contributed by atoms with Crippen LogP contribution in [0, 0.1) is 6.92 Å². The van der Waals surface area contributed by atoms with Gasteiger partial charge in [-0.25, -0.2) is 0 Å². The first-order chi connectivity index (χ1) is 9.10. The lowest BCUT2D eigenvalue weighted by atomic mass is 10.1. The fraction of sp³-hybridized carbons (Fsp3) is 0.0714. The lowest BCUT2D eigenvalue weighted by Gasteiger charge is -2.09. The summed E-state index contributed by atoms with van der Waals surface area (Å²) in [5.41, 5.74) is 5.49. The number of amides is 1. The summed E-state index contributed by atoms with van der Waals surface area (Å²) in [4.78, 5) is 12.1. The zero-order valence-corrected chi connectivity index (χ0v) is 11.2. The highest BCUT2D eigenvalue weighted by molar-refractivity contribution is 6.30. The summed E-state index contributed by atoms with van der Waals surface area (Å²) in [6.45, 7) is 1.88. The molecule has 2 aromatic rings. The van der Waals surface area contributed by atoms with Gasteiger partial charge in [0.2, 0.25) is 0 Å². The summed E-state index contributed by atoms with van der Waals surface area (Å²) in [5.74, 6) is 5.17. The summed E-state index contributed by atoms with van der Waals surface area (Å²) in [5, 5.41) is 3.37. The molecular weight excluding hydrogens is 262 g/mol. The van der Waals surface area contributed by atoms with Gasteiger partial charge in [-0.2, -0.15) is 0 Å². The summed E-state index contributed by atoms with van der Waals surface area (Å²) in [6, 6.07) is 12.3. The maximum atomic E-state index is 12.1. The third kappa shape index (κ3) is 3.24. The normalized spacial score (nSPS) is 10.1. The van der Waals surface area contributed by atoms with Crippen molar-refractivity contribution in [3.8, 4) is 0 Å². The van der Waals surface area contributed by atoms with Gasteiger partial charge in [0.1, 0.15) is 0 Å². The molecule has 0 aliphatic heterocycles. The molecule has 0 saturated carbocycles. The van der Waals surface area contributed by atoms with Gasteiger partial charge in [0, 0.05) is 16.3 Å². The van der Waals surface area contributed by atoms with E-state index in [1.807, 2.05) is 6.92 Å². The SMILES string of the molecule is Cc1cc(C(=O)Nc2cccc(Cl)c2)ccc1NN. The number of hydrazine groups is 1. The molecule has 2 aromatic carbocycles. The lowest BCUT2D eigenvalue weighted by molar-refractivity contribution is 0.102. The summed E-state index contributed by atoms with van der Waals surface area (Å²) >= 11 is 5.87. The Balaban J connectivity index is 2.18. The molecule has 0 radical (unpaired) electrons. The molecule has 4 nitrogen and oxygen atoms in total. The van der Waals surface area contributed by atoms with Crippen LogP contribution < -0.4 is 16.6 Å². The van der Waals surface area contributed by atoms with E-state index in [0.717, 1.165) is 11.3 Å². The van der Waals surface area contributed by atoms with Crippen LogP contribution in [0.3, 0.4) is 0 Å². The molecule has 0 aromatic heterocycles. The van der Waals surface area contributed by atoms with E-state index < -0.39 is 0 Å². The summed E-state index contributed by atoms with van der Waals surface area (Å²) < 4.78 is 0. The predicted octanol–water partition coefficient (Wildman–Crippen LogP) is 3.19. The number of rotatable bonds is 3. The van der Waals surface area contributed by atoms with Crippen molar-refractivity contribution in [2.45, 2.75) is 6.92 Å². The van der Waals surface area contributed by atoms with Crippen LogP contribution in [-0.2, 0) is 0 Å². The number of anilines is 2. The Labute approximate surface area is 116 Å². The first kappa shape index (κ1) is 13.4. The number of nitrogen functional groups attached to an aromatic ring is 1. The van der Waals surface area contributed by atoms with Gasteiger partial charge in [-0.1, -0.05) is 17.7 Å². The number of carbonyl (C=O) groups excluding carboxylic acids is 1. The molecule has 4 N–H and O–H groups in total. The molecule has 2 rings (SSSR count). The minimum atomic E-state index is -0.186. The maximum Gasteiger partial charge on any atom is 0.255 e. The summed E-state index contributed by atoms with van der Waals surface area (Å²) in [6.07, 6.45) is 0. The Morgan fingerprint density at radius 2 is 2.00 bits per heavy atom. The fourth-order valence-corrected chi connectivity index (χ4v) is 1.93. The molecule has 0 unspecified atom stereocenters. The lowest BCUT2D eigenvalue weighted by Crippen LogP contribution is -2.13. The molecule has 0 saturated heterocycles.